The van der Waals surface area contributed by atoms with Crippen LogP contribution in [0.4, 0.5) is 11.4 Å². The number of sulfonamides is 1. The number of nitrogens with one attached hydrogen (secondary N) is 2. The molecule has 0 radical (unpaired) electrons. The number of rotatable bonds is 4. The molecule has 32 heavy (non-hydrogen) atoms. The fraction of sp³-hybridized carbons (Fsp3) is 0.364. The first kappa shape index (κ1) is 22.6. The fourth-order valence-corrected chi connectivity index (χ4v) is 5.79. The summed E-state index contributed by atoms with van der Waals surface area (Å²) in [5.74, 6) is -0.417. The zero-order valence-corrected chi connectivity index (χ0v) is 19.3. The van der Waals surface area contributed by atoms with Crippen molar-refractivity contribution in [3.63, 3.8) is 0 Å². The molecule has 2 aliphatic rings. The normalized spacial score (nSPS) is 19.6. The van der Waals surface area contributed by atoms with Crippen molar-refractivity contribution in [1.82, 2.24) is 4.31 Å². The second-order valence-electron chi connectivity index (χ2n) is 8.01. The predicted molar refractivity (Wildman–Crippen MR) is 121 cm³/mol. The summed E-state index contributed by atoms with van der Waals surface area (Å²) < 4.78 is 33.6. The van der Waals surface area contributed by atoms with E-state index in [1.807, 2.05) is 0 Å². The summed E-state index contributed by atoms with van der Waals surface area (Å²) in [5, 5.41) is 6.01. The van der Waals surface area contributed by atoms with Crippen LogP contribution in [0.2, 0.25) is 5.02 Å². The summed E-state index contributed by atoms with van der Waals surface area (Å²) in [6.07, 6.45) is 0.111. The summed E-state index contributed by atoms with van der Waals surface area (Å²) in [7, 11) is -3.78. The van der Waals surface area contributed by atoms with Crippen LogP contribution in [0.3, 0.4) is 0 Å². The molecule has 2 heterocycles. The zero-order chi connectivity index (χ0) is 23.0. The van der Waals surface area contributed by atoms with Crippen LogP contribution in [0, 0.1) is 12.8 Å². The van der Waals surface area contributed by atoms with E-state index in [0.29, 0.717) is 40.6 Å². The van der Waals surface area contributed by atoms with Crippen molar-refractivity contribution in [3.05, 3.63) is 47.0 Å². The summed E-state index contributed by atoms with van der Waals surface area (Å²) in [5.41, 5.74) is 1.51. The van der Waals surface area contributed by atoms with Crippen molar-refractivity contribution in [1.29, 1.82) is 0 Å². The Labute approximate surface area is 191 Å². The quantitative estimate of drug-likeness (QED) is 0.702. The predicted octanol–water partition coefficient (Wildman–Crippen LogP) is 3.41. The molecule has 0 spiro atoms. The van der Waals surface area contributed by atoms with Crippen LogP contribution in [-0.4, -0.2) is 43.7 Å². The van der Waals surface area contributed by atoms with Gasteiger partial charge in [0.2, 0.25) is 15.9 Å². The van der Waals surface area contributed by atoms with Crippen molar-refractivity contribution >= 4 is 44.8 Å². The standard InChI is InChI=1S/C22H24ClN3O5S/c1-13-11-18-19(31-14(2)21(27)25-18)12-20(13)32(29,30)26-9-7-15(8-10-26)22(28)24-17-6-4-3-5-16(17)23/h3-6,11-12,14-15H,7-10H2,1-2H3,(H,24,28)(H,25,27)/t14-/m0/s1. The molecule has 10 heteroatoms. The number of ether oxygens (including phenoxy) is 1. The third-order valence-electron chi connectivity index (χ3n) is 5.78. The van der Waals surface area contributed by atoms with E-state index in [2.05, 4.69) is 10.6 Å². The Morgan fingerprint density at radius 3 is 2.59 bits per heavy atom. The number of halogens is 1. The number of para-hydroxylation sites is 1. The molecule has 8 nitrogen and oxygen atoms in total. The molecule has 1 atom stereocenters. The van der Waals surface area contributed by atoms with E-state index >= 15 is 0 Å². The van der Waals surface area contributed by atoms with Crippen LogP contribution >= 0.6 is 11.6 Å². The van der Waals surface area contributed by atoms with Crippen LogP contribution in [0.15, 0.2) is 41.3 Å². The lowest BCUT2D eigenvalue weighted by Crippen LogP contribution is -2.41. The van der Waals surface area contributed by atoms with Gasteiger partial charge < -0.3 is 15.4 Å². The van der Waals surface area contributed by atoms with Gasteiger partial charge in [-0.2, -0.15) is 4.31 Å². The molecule has 0 unspecified atom stereocenters. The average molecular weight is 478 g/mol. The Kier molecular flexibility index (Phi) is 6.15. The average Bonchev–Trinajstić information content (AvgIpc) is 2.76. The van der Waals surface area contributed by atoms with Gasteiger partial charge in [-0.1, -0.05) is 23.7 Å². The Morgan fingerprint density at radius 2 is 1.91 bits per heavy atom. The first-order valence-electron chi connectivity index (χ1n) is 10.3. The number of fused-ring (bicyclic) bond motifs is 1. The molecule has 4 rings (SSSR count). The van der Waals surface area contributed by atoms with E-state index in [1.165, 1.54) is 10.4 Å². The van der Waals surface area contributed by atoms with E-state index in [9.17, 15) is 18.0 Å². The van der Waals surface area contributed by atoms with Gasteiger partial charge in [0, 0.05) is 25.1 Å². The summed E-state index contributed by atoms with van der Waals surface area (Å²) in [6, 6.07) is 10.1. The number of benzene rings is 2. The van der Waals surface area contributed by atoms with Crippen molar-refractivity contribution in [2.24, 2.45) is 5.92 Å². The van der Waals surface area contributed by atoms with E-state index in [1.54, 1.807) is 44.2 Å². The molecule has 2 N–H and O–H groups in total. The van der Waals surface area contributed by atoms with Gasteiger partial charge in [-0.3, -0.25) is 9.59 Å². The van der Waals surface area contributed by atoms with Gasteiger partial charge in [0.1, 0.15) is 5.75 Å². The Morgan fingerprint density at radius 1 is 1.22 bits per heavy atom. The molecule has 0 aliphatic carbocycles. The third-order valence-corrected chi connectivity index (χ3v) is 8.15. The Balaban J connectivity index is 1.46. The molecule has 2 aromatic rings. The summed E-state index contributed by atoms with van der Waals surface area (Å²) in [6.45, 7) is 3.74. The first-order valence-corrected chi connectivity index (χ1v) is 12.2. The molecule has 2 aliphatic heterocycles. The zero-order valence-electron chi connectivity index (χ0n) is 17.7. The van der Waals surface area contributed by atoms with E-state index in [4.69, 9.17) is 16.3 Å². The molecular weight excluding hydrogens is 454 g/mol. The number of carbonyl (C=O) groups is 2. The number of hydrogen-bond donors (Lipinski definition) is 2. The van der Waals surface area contributed by atoms with Gasteiger partial charge in [-0.05, 0) is 50.5 Å². The van der Waals surface area contributed by atoms with Crippen molar-refractivity contribution in [3.8, 4) is 5.75 Å². The number of amides is 2. The van der Waals surface area contributed by atoms with Crippen LogP contribution in [0.25, 0.3) is 0 Å². The SMILES string of the molecule is Cc1cc2c(cc1S(=O)(=O)N1CCC(C(=O)Nc3ccccc3Cl)CC1)O[C@@H](C)C(=O)N2. The lowest BCUT2D eigenvalue weighted by atomic mass is 9.97. The summed E-state index contributed by atoms with van der Waals surface area (Å²) in [4.78, 5) is 24.6. The Bertz CT molecular complexity index is 1180. The van der Waals surface area contributed by atoms with Gasteiger partial charge in [0.25, 0.3) is 5.91 Å². The van der Waals surface area contributed by atoms with Crippen molar-refractivity contribution in [2.45, 2.75) is 37.7 Å². The van der Waals surface area contributed by atoms with Gasteiger partial charge in [0.15, 0.2) is 6.10 Å². The highest BCUT2D eigenvalue weighted by atomic mass is 35.5. The number of piperidine rings is 1. The second kappa shape index (κ2) is 8.73. The highest BCUT2D eigenvalue weighted by molar-refractivity contribution is 7.89. The lowest BCUT2D eigenvalue weighted by molar-refractivity contribution is -0.123. The minimum atomic E-state index is -3.78. The molecule has 2 aromatic carbocycles. The van der Waals surface area contributed by atoms with Gasteiger partial charge in [-0.15, -0.1) is 0 Å². The fourth-order valence-electron chi connectivity index (χ4n) is 3.92. The maximum absolute atomic E-state index is 13.3. The van der Waals surface area contributed by atoms with Crippen LogP contribution in [-0.2, 0) is 19.6 Å². The molecule has 2 amide bonds. The van der Waals surface area contributed by atoms with Crippen LogP contribution in [0.1, 0.15) is 25.3 Å². The lowest BCUT2D eigenvalue weighted by Gasteiger charge is -2.31. The molecule has 0 aromatic heterocycles. The molecule has 0 bridgehead atoms. The maximum atomic E-state index is 13.3. The highest BCUT2D eigenvalue weighted by Crippen LogP contribution is 2.36. The number of anilines is 2. The molecular formula is C22H24ClN3O5S. The van der Waals surface area contributed by atoms with Gasteiger partial charge in [-0.25, -0.2) is 8.42 Å². The number of carbonyl (C=O) groups excluding carboxylic acids is 2. The Hall–Kier alpha value is -2.62. The van der Waals surface area contributed by atoms with Gasteiger partial charge >= 0.3 is 0 Å². The van der Waals surface area contributed by atoms with E-state index in [-0.39, 0.29) is 35.7 Å². The second-order valence-corrected chi connectivity index (χ2v) is 10.3. The molecule has 0 saturated carbocycles. The largest absolute Gasteiger partial charge is 0.479 e. The highest BCUT2D eigenvalue weighted by Gasteiger charge is 2.34. The maximum Gasteiger partial charge on any atom is 0.265 e. The minimum Gasteiger partial charge on any atom is -0.479 e. The first-order chi connectivity index (χ1) is 15.2. The van der Waals surface area contributed by atoms with Gasteiger partial charge in [0.05, 0.1) is 21.3 Å². The molecule has 1 fully saturated rings. The minimum absolute atomic E-state index is 0.138. The number of nitrogens with zero attached hydrogens (tertiary/aromatic N) is 1. The molecule has 1 saturated heterocycles. The van der Waals surface area contributed by atoms with E-state index in [0.717, 1.165) is 0 Å². The molecule has 170 valence electrons. The van der Waals surface area contributed by atoms with Crippen LogP contribution in [0.5, 0.6) is 5.75 Å². The smallest absolute Gasteiger partial charge is 0.265 e. The topological polar surface area (TPSA) is 105 Å². The summed E-state index contributed by atoms with van der Waals surface area (Å²) >= 11 is 6.10. The number of hydrogen-bond acceptors (Lipinski definition) is 5. The monoisotopic (exact) mass is 477 g/mol. The van der Waals surface area contributed by atoms with Crippen LogP contribution < -0.4 is 15.4 Å². The third kappa shape index (κ3) is 4.32. The van der Waals surface area contributed by atoms with Crippen molar-refractivity contribution in [2.75, 3.05) is 23.7 Å². The number of aryl methyl sites for hydroxylation is 1. The van der Waals surface area contributed by atoms with Crippen molar-refractivity contribution < 1.29 is 22.7 Å². The van der Waals surface area contributed by atoms with E-state index < -0.39 is 16.1 Å².